The van der Waals surface area contributed by atoms with E-state index in [-0.39, 0.29) is 0 Å². The van der Waals surface area contributed by atoms with E-state index in [9.17, 15) is 0 Å². The molecule has 4 aromatic rings. The zero-order chi connectivity index (χ0) is 23.5. The van der Waals surface area contributed by atoms with E-state index in [1.54, 1.807) is 7.11 Å². The van der Waals surface area contributed by atoms with E-state index in [1.807, 2.05) is 24.3 Å². The van der Waals surface area contributed by atoms with Crippen LogP contribution in [0.15, 0.2) is 77.2 Å². The van der Waals surface area contributed by atoms with Crippen molar-refractivity contribution in [2.45, 2.75) is 33.1 Å². The molecule has 0 amide bonds. The fourth-order valence-electron chi connectivity index (χ4n) is 4.63. The Morgan fingerprint density at radius 1 is 0.941 bits per heavy atom. The predicted octanol–water partition coefficient (Wildman–Crippen LogP) is 5.22. The minimum Gasteiger partial charge on any atom is -0.497 e. The van der Waals surface area contributed by atoms with Crippen molar-refractivity contribution < 1.29 is 14.1 Å². The average molecular weight is 454 g/mol. The van der Waals surface area contributed by atoms with Crippen LogP contribution in [0.1, 0.15) is 32.3 Å². The highest BCUT2D eigenvalue weighted by molar-refractivity contribution is 5.79. The van der Waals surface area contributed by atoms with Crippen LogP contribution >= 0.6 is 0 Å². The lowest BCUT2D eigenvalue weighted by Crippen LogP contribution is -2.70. The van der Waals surface area contributed by atoms with Gasteiger partial charge in [0.15, 0.2) is 0 Å². The van der Waals surface area contributed by atoms with Gasteiger partial charge in [-0.3, -0.25) is 0 Å². The summed E-state index contributed by atoms with van der Waals surface area (Å²) in [7, 11) is 1.68. The van der Waals surface area contributed by atoms with Crippen molar-refractivity contribution in [3.05, 3.63) is 83.7 Å². The minimum absolute atomic E-state index is 0.820. The molecular formula is C30H33N2O2+. The quantitative estimate of drug-likeness (QED) is 0.450. The number of anilines is 1. The fraction of sp³-hybridized carbons (Fsp3) is 0.300. The van der Waals surface area contributed by atoms with Gasteiger partial charge in [-0.15, -0.1) is 0 Å². The van der Waals surface area contributed by atoms with Gasteiger partial charge < -0.3 is 14.1 Å². The number of hydrogen-bond acceptors (Lipinski definition) is 3. The number of aryl methyl sites for hydroxylation is 1. The van der Waals surface area contributed by atoms with Crippen molar-refractivity contribution in [2.24, 2.45) is 5.92 Å². The van der Waals surface area contributed by atoms with E-state index in [0.29, 0.717) is 0 Å². The van der Waals surface area contributed by atoms with Crippen LogP contribution < -0.4 is 20.0 Å². The number of hydrogen-bond donors (Lipinski definition) is 1. The van der Waals surface area contributed by atoms with Gasteiger partial charge in [-0.05, 0) is 79.3 Å². The van der Waals surface area contributed by atoms with Crippen LogP contribution in [0.2, 0.25) is 0 Å². The van der Waals surface area contributed by atoms with Crippen LogP contribution in [-0.4, -0.2) is 20.2 Å². The minimum atomic E-state index is 0.820. The van der Waals surface area contributed by atoms with Crippen molar-refractivity contribution in [3.8, 4) is 17.1 Å². The molecule has 0 saturated carbocycles. The van der Waals surface area contributed by atoms with E-state index in [1.165, 1.54) is 24.1 Å². The fourth-order valence-corrected chi connectivity index (χ4v) is 4.63. The molecule has 1 aromatic heterocycles. The molecule has 0 bridgehead atoms. The Morgan fingerprint density at radius 3 is 2.35 bits per heavy atom. The second-order valence-electron chi connectivity index (χ2n) is 9.28. The van der Waals surface area contributed by atoms with E-state index in [0.717, 1.165) is 64.5 Å². The van der Waals surface area contributed by atoms with Gasteiger partial charge in [0, 0.05) is 36.5 Å². The first-order chi connectivity index (χ1) is 16.6. The zero-order valence-electron chi connectivity index (χ0n) is 20.3. The Bertz CT molecular complexity index is 1330. The maximum atomic E-state index is 6.32. The number of piperidine rings is 1. The molecule has 4 nitrogen and oxygen atoms in total. The molecule has 2 heterocycles. The van der Waals surface area contributed by atoms with Crippen molar-refractivity contribution in [3.63, 3.8) is 0 Å². The summed E-state index contributed by atoms with van der Waals surface area (Å²) >= 11 is 0. The van der Waals surface area contributed by atoms with Crippen LogP contribution in [-0.2, 0) is 6.42 Å². The number of nitrogens with zero attached hydrogens (tertiary/aromatic N) is 1. The average Bonchev–Trinajstić information content (AvgIpc) is 2.89. The smallest absolute Gasteiger partial charge is 0.218 e. The summed E-state index contributed by atoms with van der Waals surface area (Å²) in [6, 6.07) is 25.3. The van der Waals surface area contributed by atoms with Crippen molar-refractivity contribution in [1.29, 1.82) is 0 Å². The third-order valence-corrected chi connectivity index (χ3v) is 6.91. The van der Waals surface area contributed by atoms with Crippen molar-refractivity contribution >= 4 is 22.3 Å². The molecule has 1 saturated heterocycles. The monoisotopic (exact) mass is 453 g/mol. The summed E-state index contributed by atoms with van der Waals surface area (Å²) in [5, 5.41) is 2.13. The maximum Gasteiger partial charge on any atom is 0.218 e. The molecule has 5 rings (SSSR count). The molecule has 0 spiro atoms. The summed E-state index contributed by atoms with van der Waals surface area (Å²) in [5.74, 6) is 2.49. The molecule has 34 heavy (non-hydrogen) atoms. The molecule has 1 aliphatic rings. The van der Waals surface area contributed by atoms with Gasteiger partial charge in [0.25, 0.3) is 0 Å². The number of rotatable bonds is 5. The lowest BCUT2D eigenvalue weighted by Gasteiger charge is -2.32. The molecule has 0 unspecified atom stereocenters. The Kier molecular flexibility index (Phi) is 6.39. The Balaban J connectivity index is 1.56. The first kappa shape index (κ1) is 22.3. The lowest BCUT2D eigenvalue weighted by molar-refractivity contribution is -0.400. The van der Waals surface area contributed by atoms with Gasteiger partial charge in [0.2, 0.25) is 11.0 Å². The van der Waals surface area contributed by atoms with Crippen LogP contribution in [0.25, 0.3) is 22.3 Å². The summed E-state index contributed by atoms with van der Waals surface area (Å²) in [5.41, 5.74) is 5.55. The molecule has 0 radical (unpaired) electrons. The second kappa shape index (κ2) is 9.76. The molecule has 1 aliphatic heterocycles. The highest BCUT2D eigenvalue weighted by Crippen LogP contribution is 2.25. The van der Waals surface area contributed by atoms with E-state index in [2.05, 4.69) is 72.3 Å². The molecule has 0 atom stereocenters. The number of ether oxygens (including phenoxy) is 1. The van der Waals surface area contributed by atoms with E-state index < -0.39 is 0 Å². The molecule has 1 N–H and O–H groups in total. The number of benzene rings is 3. The molecule has 4 heteroatoms. The highest BCUT2D eigenvalue weighted by Gasteiger charge is 2.16. The van der Waals surface area contributed by atoms with Gasteiger partial charge in [-0.25, -0.2) is 4.99 Å². The molecule has 1 fully saturated rings. The number of methoxy groups -OCH3 is 1. The molecule has 174 valence electrons. The van der Waals surface area contributed by atoms with E-state index >= 15 is 0 Å². The number of fused-ring (bicyclic) bond motifs is 1. The van der Waals surface area contributed by atoms with Gasteiger partial charge in [-0.1, -0.05) is 19.9 Å². The lowest BCUT2D eigenvalue weighted by atomic mass is 9.99. The van der Waals surface area contributed by atoms with Crippen LogP contribution in [0.3, 0.4) is 0 Å². The van der Waals surface area contributed by atoms with Gasteiger partial charge in [0.05, 0.1) is 18.6 Å². The van der Waals surface area contributed by atoms with Crippen LogP contribution in [0.5, 0.6) is 5.75 Å². The first-order valence-corrected chi connectivity index (χ1v) is 12.3. The number of nitrogens with one attached hydrogen (secondary N) is 1. The normalized spacial score (nSPS) is 15.1. The van der Waals surface area contributed by atoms with Crippen molar-refractivity contribution in [2.75, 3.05) is 25.1 Å². The summed E-state index contributed by atoms with van der Waals surface area (Å²) < 4.78 is 11.6. The van der Waals surface area contributed by atoms with Gasteiger partial charge in [0.1, 0.15) is 17.1 Å². The highest BCUT2D eigenvalue weighted by atomic mass is 16.5. The topological polar surface area (TPSA) is 39.6 Å². The standard InChI is InChI=1S/C30H32N2O2/c1-4-22-5-14-29-27(19-22)28(20-30(34-29)23-6-12-26(33-3)13-7-23)31-24-8-10-25(11-9-24)32-17-15-21(2)16-18-32/h5-14,19-21H,4,15-18H2,1-3H3/p+1. The van der Waals surface area contributed by atoms with Crippen molar-refractivity contribution in [1.82, 2.24) is 0 Å². The molecule has 3 aromatic carbocycles. The Labute approximate surface area is 201 Å². The third-order valence-electron chi connectivity index (χ3n) is 6.91. The van der Waals surface area contributed by atoms with Crippen LogP contribution in [0, 0.1) is 5.92 Å². The Hall–Kier alpha value is -3.53. The zero-order valence-corrected chi connectivity index (χ0v) is 20.3. The van der Waals surface area contributed by atoms with E-state index in [4.69, 9.17) is 9.15 Å². The molecule has 0 aliphatic carbocycles. The Morgan fingerprint density at radius 2 is 1.68 bits per heavy atom. The summed E-state index contributed by atoms with van der Waals surface area (Å²) in [6.45, 7) is 6.82. The first-order valence-electron chi connectivity index (χ1n) is 12.3. The van der Waals surface area contributed by atoms with Gasteiger partial charge >= 0.3 is 0 Å². The third kappa shape index (κ3) is 4.72. The summed E-state index contributed by atoms with van der Waals surface area (Å²) in [4.78, 5) is 6.16. The predicted molar refractivity (Wildman–Crippen MR) is 138 cm³/mol. The van der Waals surface area contributed by atoms with Gasteiger partial charge in [-0.2, -0.15) is 0 Å². The maximum absolute atomic E-state index is 6.32. The molecular weight excluding hydrogens is 420 g/mol. The SMILES string of the molecule is CCc1ccc2oc(-c3ccc(OC)cc3)cc(=[NH+]c3ccc(N4CCC(C)CC4)cc3)c2c1. The summed E-state index contributed by atoms with van der Waals surface area (Å²) in [6.07, 6.45) is 3.53. The second-order valence-corrected chi connectivity index (χ2v) is 9.28. The largest absolute Gasteiger partial charge is 0.497 e. The van der Waals surface area contributed by atoms with Crippen LogP contribution in [0.4, 0.5) is 11.4 Å².